The molecule has 0 fully saturated rings. The van der Waals surface area contributed by atoms with E-state index in [-0.39, 0.29) is 0 Å². The van der Waals surface area contributed by atoms with Crippen molar-refractivity contribution in [1.82, 2.24) is 0 Å². The zero-order valence-corrected chi connectivity index (χ0v) is 13.3. The molecule has 1 N–H and O–H groups in total. The number of aliphatic carboxylic acids is 1. The molecule has 3 heteroatoms. The minimum absolute atomic E-state index is 0.914. The van der Waals surface area contributed by atoms with Crippen LogP contribution < -0.4 is 5.19 Å². The van der Waals surface area contributed by atoms with Gasteiger partial charge in [0.1, 0.15) is 0 Å². The molecule has 2 nitrogen and oxygen atoms in total. The van der Waals surface area contributed by atoms with Gasteiger partial charge in [-0.1, -0.05) is 79.8 Å². The van der Waals surface area contributed by atoms with Gasteiger partial charge in [-0.15, -0.1) is 0 Å². The van der Waals surface area contributed by atoms with E-state index in [9.17, 15) is 4.79 Å². The molecule has 1 rings (SSSR count). The van der Waals surface area contributed by atoms with Gasteiger partial charge in [-0.3, -0.25) is 0 Å². The number of carbonyl (C=O) groups is 1. The minimum atomic E-state index is -1.05. The fourth-order valence-corrected chi connectivity index (χ4v) is 2.85. The van der Waals surface area contributed by atoms with Crippen LogP contribution in [0.5, 0.6) is 0 Å². The average molecular weight is 276 g/mol. The molecule has 0 amide bonds. The lowest BCUT2D eigenvalue weighted by molar-refractivity contribution is -0.131. The number of hydrogen-bond donors (Lipinski definition) is 1. The van der Waals surface area contributed by atoms with Crippen molar-refractivity contribution in [1.29, 1.82) is 0 Å². The summed E-state index contributed by atoms with van der Waals surface area (Å²) in [5, 5.41) is 9.59. The number of allylic oxidation sites excluding steroid dienone is 3. The highest BCUT2D eigenvalue weighted by molar-refractivity contribution is 6.89. The van der Waals surface area contributed by atoms with Gasteiger partial charge in [0.25, 0.3) is 0 Å². The van der Waals surface area contributed by atoms with Crippen molar-refractivity contribution < 1.29 is 9.90 Å². The Balaban J connectivity index is 0.000000362. The minimum Gasteiger partial charge on any atom is -0.478 e. The summed E-state index contributed by atoms with van der Waals surface area (Å²) in [6.45, 7) is 8.95. The fourth-order valence-electron chi connectivity index (χ4n) is 1.34. The van der Waals surface area contributed by atoms with Crippen LogP contribution in [-0.2, 0) is 4.79 Å². The highest BCUT2D eigenvalue weighted by Gasteiger charge is 2.19. The molecule has 0 saturated carbocycles. The van der Waals surface area contributed by atoms with Gasteiger partial charge in [0.05, 0.1) is 8.07 Å². The molecule has 0 bridgehead atoms. The molecule has 0 aromatic heterocycles. The van der Waals surface area contributed by atoms with Crippen LogP contribution in [0.3, 0.4) is 0 Å². The van der Waals surface area contributed by atoms with E-state index in [0.717, 1.165) is 6.08 Å². The molecule has 0 aliphatic carbocycles. The highest BCUT2D eigenvalue weighted by Crippen LogP contribution is 2.07. The Morgan fingerprint density at radius 3 is 2.21 bits per heavy atom. The van der Waals surface area contributed by atoms with Gasteiger partial charge >= 0.3 is 5.97 Å². The van der Waals surface area contributed by atoms with Gasteiger partial charge < -0.3 is 5.11 Å². The van der Waals surface area contributed by atoms with Gasteiger partial charge in [0.15, 0.2) is 0 Å². The Bertz CT molecular complexity index is 420. The number of carboxylic acid groups (broad SMARTS) is 1. The Kier molecular flexibility index (Phi) is 8.54. The predicted molar refractivity (Wildman–Crippen MR) is 85.6 cm³/mol. The van der Waals surface area contributed by atoms with Gasteiger partial charge in [0, 0.05) is 6.08 Å². The Hall–Kier alpha value is -1.61. The molecule has 0 spiro atoms. The van der Waals surface area contributed by atoms with Crippen molar-refractivity contribution in [3.63, 3.8) is 0 Å². The lowest BCUT2D eigenvalue weighted by atomic mass is 10.4. The maximum atomic E-state index is 9.75. The summed E-state index contributed by atoms with van der Waals surface area (Å²) < 4.78 is 0. The van der Waals surface area contributed by atoms with E-state index in [1.807, 2.05) is 6.92 Å². The standard InChI is InChI=1S/C10H16Si.C6H8O2/c1-4-11(2,3)10-8-6-5-7-9-10;1-2-3-4-5-6(7)8/h5-9H,4H2,1-3H3;2-5H,1H3,(H,7,8)/b;3-2+,5-4+. The smallest absolute Gasteiger partial charge is 0.328 e. The molecule has 0 unspecified atom stereocenters. The van der Waals surface area contributed by atoms with E-state index < -0.39 is 14.0 Å². The zero-order chi connectivity index (χ0) is 14.7. The number of rotatable bonds is 4. The molecule has 1 aromatic carbocycles. The van der Waals surface area contributed by atoms with Crippen LogP contribution in [0.2, 0.25) is 19.1 Å². The average Bonchev–Trinajstić information content (AvgIpc) is 2.40. The van der Waals surface area contributed by atoms with Crippen molar-refractivity contribution in [3.8, 4) is 0 Å². The van der Waals surface area contributed by atoms with Gasteiger partial charge in [0.2, 0.25) is 0 Å². The van der Waals surface area contributed by atoms with Crippen LogP contribution in [-0.4, -0.2) is 19.1 Å². The molecular weight excluding hydrogens is 252 g/mol. The molecule has 19 heavy (non-hydrogen) atoms. The van der Waals surface area contributed by atoms with E-state index in [2.05, 4.69) is 50.3 Å². The summed E-state index contributed by atoms with van der Waals surface area (Å²) in [6, 6.07) is 12.2. The van der Waals surface area contributed by atoms with Gasteiger partial charge in [-0.05, 0) is 6.92 Å². The predicted octanol–water partition coefficient (Wildman–Crippen LogP) is 3.83. The maximum Gasteiger partial charge on any atom is 0.328 e. The van der Waals surface area contributed by atoms with Crippen molar-refractivity contribution in [3.05, 3.63) is 54.6 Å². The Morgan fingerprint density at radius 1 is 1.21 bits per heavy atom. The SMILES string of the molecule is C/C=C/C=C/C(=O)O.CC[Si](C)(C)c1ccccc1. The first-order valence-electron chi connectivity index (χ1n) is 6.52. The highest BCUT2D eigenvalue weighted by atomic mass is 28.3. The Labute approximate surface area is 117 Å². The van der Waals surface area contributed by atoms with Crippen LogP contribution in [0.4, 0.5) is 0 Å². The normalized spacial score (nSPS) is 11.4. The number of benzene rings is 1. The van der Waals surface area contributed by atoms with Gasteiger partial charge in [-0.25, -0.2) is 4.79 Å². The van der Waals surface area contributed by atoms with Crippen LogP contribution in [0, 0.1) is 0 Å². The van der Waals surface area contributed by atoms with Crippen molar-refractivity contribution in [2.45, 2.75) is 33.0 Å². The first-order valence-corrected chi connectivity index (χ1v) is 9.72. The van der Waals surface area contributed by atoms with E-state index in [1.54, 1.807) is 17.3 Å². The Morgan fingerprint density at radius 2 is 1.79 bits per heavy atom. The molecule has 104 valence electrons. The topological polar surface area (TPSA) is 37.3 Å². The zero-order valence-electron chi connectivity index (χ0n) is 12.3. The lowest BCUT2D eigenvalue weighted by Crippen LogP contribution is -2.39. The summed E-state index contributed by atoms with van der Waals surface area (Å²) in [7, 11) is -1.05. The van der Waals surface area contributed by atoms with E-state index >= 15 is 0 Å². The van der Waals surface area contributed by atoms with Crippen LogP contribution in [0.15, 0.2) is 54.6 Å². The number of hydrogen-bond acceptors (Lipinski definition) is 1. The second kappa shape index (κ2) is 9.33. The molecule has 0 atom stereocenters. The van der Waals surface area contributed by atoms with Crippen LogP contribution in [0.1, 0.15) is 13.8 Å². The molecule has 0 aliphatic rings. The van der Waals surface area contributed by atoms with E-state index in [1.165, 1.54) is 12.1 Å². The lowest BCUT2D eigenvalue weighted by Gasteiger charge is -2.20. The third-order valence-electron chi connectivity index (χ3n) is 2.98. The largest absolute Gasteiger partial charge is 0.478 e. The third-order valence-corrected chi connectivity index (χ3v) is 6.65. The van der Waals surface area contributed by atoms with Crippen LogP contribution >= 0.6 is 0 Å². The summed E-state index contributed by atoms with van der Waals surface area (Å²) in [6.07, 6.45) is 5.98. The summed E-state index contributed by atoms with van der Waals surface area (Å²) in [4.78, 5) is 9.75. The molecule has 0 radical (unpaired) electrons. The molecule has 1 aromatic rings. The summed E-state index contributed by atoms with van der Waals surface area (Å²) in [5.74, 6) is -0.914. The molecule has 0 heterocycles. The monoisotopic (exact) mass is 276 g/mol. The van der Waals surface area contributed by atoms with Crippen molar-refractivity contribution >= 4 is 19.2 Å². The molecule has 0 saturated heterocycles. The quantitative estimate of drug-likeness (QED) is 0.515. The third kappa shape index (κ3) is 8.16. The second-order valence-corrected chi connectivity index (χ2v) is 9.88. The first kappa shape index (κ1) is 17.4. The summed E-state index contributed by atoms with van der Waals surface area (Å²) in [5.41, 5.74) is 0. The van der Waals surface area contributed by atoms with E-state index in [4.69, 9.17) is 5.11 Å². The van der Waals surface area contributed by atoms with Crippen molar-refractivity contribution in [2.24, 2.45) is 0 Å². The second-order valence-electron chi connectivity index (χ2n) is 4.83. The first-order chi connectivity index (χ1) is 8.94. The van der Waals surface area contributed by atoms with Crippen LogP contribution in [0.25, 0.3) is 0 Å². The molecular formula is C16H24O2Si. The fraction of sp³-hybridized carbons (Fsp3) is 0.312. The van der Waals surface area contributed by atoms with E-state index in [0.29, 0.717) is 0 Å². The van der Waals surface area contributed by atoms with Gasteiger partial charge in [-0.2, -0.15) is 0 Å². The maximum absolute atomic E-state index is 9.75. The summed E-state index contributed by atoms with van der Waals surface area (Å²) >= 11 is 0. The number of carboxylic acids is 1. The van der Waals surface area contributed by atoms with Crippen molar-refractivity contribution in [2.75, 3.05) is 0 Å². The molecule has 0 aliphatic heterocycles.